The number of aryl methyl sites for hydroxylation is 2. The molecule has 4 nitrogen and oxygen atoms in total. The highest BCUT2D eigenvalue weighted by Crippen LogP contribution is 2.17. The van der Waals surface area contributed by atoms with E-state index < -0.39 is 0 Å². The first-order chi connectivity index (χ1) is 7.40. The fourth-order valence-corrected chi connectivity index (χ4v) is 2.48. The van der Waals surface area contributed by atoms with Crippen LogP contribution in [-0.4, -0.2) is 29.3 Å². The van der Waals surface area contributed by atoms with Crippen molar-refractivity contribution < 1.29 is 0 Å². The van der Waals surface area contributed by atoms with Gasteiger partial charge in [-0.1, -0.05) is 6.92 Å². The number of aromatic nitrogens is 1. The van der Waals surface area contributed by atoms with Gasteiger partial charge in [-0.2, -0.15) is 0 Å². The third kappa shape index (κ3) is 3.57. The Hall–Kier alpha value is -0.940. The van der Waals surface area contributed by atoms with Crippen molar-refractivity contribution in [2.75, 3.05) is 13.6 Å². The van der Waals surface area contributed by atoms with E-state index in [4.69, 9.17) is 11.1 Å². The molecule has 0 bridgehead atoms. The van der Waals surface area contributed by atoms with E-state index >= 15 is 0 Å². The molecule has 1 rings (SSSR count). The monoisotopic (exact) mass is 240 g/mol. The number of nitrogens with two attached hydrogens (primary N) is 1. The van der Waals surface area contributed by atoms with Crippen LogP contribution in [0.4, 0.5) is 0 Å². The molecule has 1 unspecified atom stereocenters. The standard InChI is InChI=1S/C11H20N4S/c1-7(11(12)13)5-15(4)6-10-14-8(2)9(3)16-10/h7H,5-6H2,1-4H3,(H3,12,13). The predicted octanol–water partition coefficient (Wildman–Crippen LogP) is 1.76. The van der Waals surface area contributed by atoms with Crippen LogP contribution in [0.15, 0.2) is 0 Å². The Kier molecular flexibility index (Phi) is 4.44. The normalized spacial score (nSPS) is 13.1. The van der Waals surface area contributed by atoms with Crippen molar-refractivity contribution >= 4 is 17.2 Å². The molecular weight excluding hydrogens is 220 g/mol. The zero-order valence-corrected chi connectivity index (χ0v) is 11.2. The van der Waals surface area contributed by atoms with Crippen molar-refractivity contribution in [2.24, 2.45) is 11.7 Å². The second kappa shape index (κ2) is 5.41. The molecule has 3 N–H and O–H groups in total. The van der Waals surface area contributed by atoms with Crippen LogP contribution < -0.4 is 5.73 Å². The van der Waals surface area contributed by atoms with Gasteiger partial charge in [0.25, 0.3) is 0 Å². The van der Waals surface area contributed by atoms with Gasteiger partial charge in [-0.25, -0.2) is 4.98 Å². The van der Waals surface area contributed by atoms with Crippen LogP contribution in [0.2, 0.25) is 0 Å². The van der Waals surface area contributed by atoms with E-state index in [0.717, 1.165) is 23.8 Å². The molecule has 1 heterocycles. The van der Waals surface area contributed by atoms with E-state index in [1.165, 1.54) is 4.88 Å². The van der Waals surface area contributed by atoms with Gasteiger partial charge in [0.2, 0.25) is 0 Å². The van der Waals surface area contributed by atoms with Crippen molar-refractivity contribution in [1.29, 1.82) is 5.41 Å². The molecule has 0 radical (unpaired) electrons. The van der Waals surface area contributed by atoms with Gasteiger partial charge in [-0.05, 0) is 20.9 Å². The molecular formula is C11H20N4S. The molecule has 0 amide bonds. The smallest absolute Gasteiger partial charge is 0.107 e. The Morgan fingerprint density at radius 1 is 1.56 bits per heavy atom. The molecule has 1 atom stereocenters. The fraction of sp³-hybridized carbons (Fsp3) is 0.636. The quantitative estimate of drug-likeness (QED) is 0.609. The van der Waals surface area contributed by atoms with Gasteiger partial charge >= 0.3 is 0 Å². The molecule has 0 aliphatic heterocycles. The summed E-state index contributed by atoms with van der Waals surface area (Å²) in [7, 11) is 2.03. The minimum absolute atomic E-state index is 0.104. The summed E-state index contributed by atoms with van der Waals surface area (Å²) in [6.07, 6.45) is 0. The van der Waals surface area contributed by atoms with Gasteiger partial charge in [0.1, 0.15) is 5.01 Å². The van der Waals surface area contributed by atoms with Gasteiger partial charge in [0.05, 0.1) is 18.1 Å². The molecule has 0 saturated heterocycles. The predicted molar refractivity (Wildman–Crippen MR) is 69.0 cm³/mol. The first-order valence-corrected chi connectivity index (χ1v) is 6.17. The number of amidine groups is 1. The van der Waals surface area contributed by atoms with Crippen LogP contribution in [0, 0.1) is 25.2 Å². The molecule has 0 fully saturated rings. The summed E-state index contributed by atoms with van der Waals surface area (Å²) < 4.78 is 0. The van der Waals surface area contributed by atoms with Gasteiger partial charge in [-0.15, -0.1) is 11.3 Å². The summed E-state index contributed by atoms with van der Waals surface area (Å²) >= 11 is 1.74. The molecule has 0 aliphatic rings. The van der Waals surface area contributed by atoms with Crippen LogP contribution in [-0.2, 0) is 6.54 Å². The second-order valence-electron chi connectivity index (χ2n) is 4.30. The first-order valence-electron chi connectivity index (χ1n) is 5.35. The minimum Gasteiger partial charge on any atom is -0.387 e. The number of hydrogen-bond donors (Lipinski definition) is 2. The van der Waals surface area contributed by atoms with Gasteiger partial charge in [0.15, 0.2) is 0 Å². The largest absolute Gasteiger partial charge is 0.387 e. The van der Waals surface area contributed by atoms with E-state index in [1.807, 2.05) is 20.9 Å². The van der Waals surface area contributed by atoms with E-state index in [2.05, 4.69) is 16.8 Å². The topological polar surface area (TPSA) is 66.0 Å². The number of nitrogens with zero attached hydrogens (tertiary/aromatic N) is 2. The highest BCUT2D eigenvalue weighted by molar-refractivity contribution is 7.11. The lowest BCUT2D eigenvalue weighted by Gasteiger charge is -2.19. The molecule has 0 aliphatic carbocycles. The maximum atomic E-state index is 7.35. The lowest BCUT2D eigenvalue weighted by molar-refractivity contribution is 0.306. The second-order valence-corrected chi connectivity index (χ2v) is 5.59. The maximum Gasteiger partial charge on any atom is 0.107 e. The number of thiazole rings is 1. The highest BCUT2D eigenvalue weighted by Gasteiger charge is 2.11. The van der Waals surface area contributed by atoms with Crippen molar-refractivity contribution in [3.8, 4) is 0 Å². The van der Waals surface area contributed by atoms with Crippen LogP contribution in [0.1, 0.15) is 22.5 Å². The Morgan fingerprint density at radius 2 is 2.19 bits per heavy atom. The average Bonchev–Trinajstić information content (AvgIpc) is 2.45. The molecule has 90 valence electrons. The lowest BCUT2D eigenvalue weighted by atomic mass is 10.1. The summed E-state index contributed by atoms with van der Waals surface area (Å²) in [5.41, 5.74) is 6.57. The number of hydrogen-bond acceptors (Lipinski definition) is 4. The maximum absolute atomic E-state index is 7.35. The van der Waals surface area contributed by atoms with Gasteiger partial charge in [-0.3, -0.25) is 10.3 Å². The average molecular weight is 240 g/mol. The number of nitrogens with one attached hydrogen (secondary N) is 1. The summed E-state index contributed by atoms with van der Waals surface area (Å²) in [5.74, 6) is 0.352. The van der Waals surface area contributed by atoms with Gasteiger partial charge in [0, 0.05) is 17.3 Å². The van der Waals surface area contributed by atoms with E-state index in [0.29, 0.717) is 0 Å². The fourth-order valence-electron chi connectivity index (χ4n) is 1.47. The van der Waals surface area contributed by atoms with Crippen molar-refractivity contribution in [3.63, 3.8) is 0 Å². The van der Waals surface area contributed by atoms with Crippen LogP contribution >= 0.6 is 11.3 Å². The van der Waals surface area contributed by atoms with Crippen LogP contribution in [0.5, 0.6) is 0 Å². The van der Waals surface area contributed by atoms with Crippen LogP contribution in [0.3, 0.4) is 0 Å². The zero-order valence-electron chi connectivity index (χ0n) is 10.4. The summed E-state index contributed by atoms with van der Waals surface area (Å²) in [4.78, 5) is 7.93. The van der Waals surface area contributed by atoms with Crippen molar-refractivity contribution in [2.45, 2.75) is 27.3 Å². The molecule has 16 heavy (non-hydrogen) atoms. The Morgan fingerprint density at radius 3 is 2.62 bits per heavy atom. The van der Waals surface area contributed by atoms with Crippen LogP contribution in [0.25, 0.3) is 0 Å². The Balaban J connectivity index is 2.51. The third-order valence-corrected chi connectivity index (χ3v) is 3.65. The van der Waals surface area contributed by atoms with Crippen molar-refractivity contribution in [3.05, 3.63) is 15.6 Å². The number of rotatable bonds is 5. The molecule has 5 heteroatoms. The molecule has 1 aromatic heterocycles. The Labute approximate surface area is 101 Å². The third-order valence-electron chi connectivity index (χ3n) is 2.59. The summed E-state index contributed by atoms with van der Waals surface area (Å²) in [5, 5.41) is 8.48. The SMILES string of the molecule is Cc1nc(CN(C)CC(C)C(=N)N)sc1C. The first kappa shape index (κ1) is 13.1. The molecule has 0 saturated carbocycles. The molecule has 0 spiro atoms. The van der Waals surface area contributed by atoms with E-state index in [9.17, 15) is 0 Å². The minimum atomic E-state index is 0.104. The molecule has 0 aromatic carbocycles. The van der Waals surface area contributed by atoms with Gasteiger partial charge < -0.3 is 5.73 Å². The zero-order chi connectivity index (χ0) is 12.3. The highest BCUT2D eigenvalue weighted by atomic mass is 32.1. The van der Waals surface area contributed by atoms with E-state index in [1.54, 1.807) is 11.3 Å². The summed E-state index contributed by atoms with van der Waals surface area (Å²) in [6, 6.07) is 0. The summed E-state index contributed by atoms with van der Waals surface area (Å²) in [6.45, 7) is 7.73. The lowest BCUT2D eigenvalue weighted by Crippen LogP contribution is -2.31. The van der Waals surface area contributed by atoms with Crippen molar-refractivity contribution in [1.82, 2.24) is 9.88 Å². The van der Waals surface area contributed by atoms with E-state index in [-0.39, 0.29) is 11.8 Å². The molecule has 1 aromatic rings. The Bertz CT molecular complexity index is 353.